The minimum absolute atomic E-state index is 0.180. The van der Waals surface area contributed by atoms with Crippen molar-refractivity contribution in [2.75, 3.05) is 19.6 Å². The maximum atomic E-state index is 12.1. The Kier molecular flexibility index (Phi) is 4.76. The topological polar surface area (TPSA) is 89.9 Å². The summed E-state index contributed by atoms with van der Waals surface area (Å²) in [7, 11) is 0. The van der Waals surface area contributed by atoms with E-state index in [2.05, 4.69) is 5.32 Å². The van der Waals surface area contributed by atoms with Gasteiger partial charge in [0.25, 0.3) is 0 Å². The van der Waals surface area contributed by atoms with E-state index in [0.29, 0.717) is 32.4 Å². The number of nitrogens with one attached hydrogen (secondary N) is 1. The molecule has 1 atom stereocenters. The van der Waals surface area contributed by atoms with Crippen molar-refractivity contribution in [2.45, 2.75) is 57.5 Å². The molecule has 1 unspecified atom stereocenters. The molecule has 0 radical (unpaired) electrons. The summed E-state index contributed by atoms with van der Waals surface area (Å²) in [5, 5.41) is 22.2. The molecule has 21 heavy (non-hydrogen) atoms. The van der Waals surface area contributed by atoms with Crippen LogP contribution >= 0.6 is 0 Å². The van der Waals surface area contributed by atoms with Crippen LogP contribution in [0.1, 0.15) is 51.9 Å². The zero-order valence-corrected chi connectivity index (χ0v) is 12.7. The van der Waals surface area contributed by atoms with Crippen molar-refractivity contribution in [3.05, 3.63) is 0 Å². The van der Waals surface area contributed by atoms with E-state index in [9.17, 15) is 19.8 Å². The van der Waals surface area contributed by atoms with Crippen molar-refractivity contribution in [3.63, 3.8) is 0 Å². The van der Waals surface area contributed by atoms with Gasteiger partial charge in [0.2, 0.25) is 0 Å². The van der Waals surface area contributed by atoms with Crippen LogP contribution in [-0.4, -0.2) is 52.3 Å². The Hall–Kier alpha value is -1.30. The minimum Gasteiger partial charge on any atom is -0.481 e. The van der Waals surface area contributed by atoms with Crippen molar-refractivity contribution in [1.82, 2.24) is 10.2 Å². The second-order valence-electron chi connectivity index (χ2n) is 6.83. The first-order chi connectivity index (χ1) is 9.85. The van der Waals surface area contributed by atoms with Gasteiger partial charge in [0.15, 0.2) is 0 Å². The van der Waals surface area contributed by atoms with Crippen LogP contribution in [0, 0.1) is 5.41 Å². The molecule has 2 aliphatic rings. The molecular weight excluding hydrogens is 272 g/mol. The predicted octanol–water partition coefficient (Wildman–Crippen LogP) is 1.58. The van der Waals surface area contributed by atoms with Gasteiger partial charge in [-0.05, 0) is 26.2 Å². The fourth-order valence-electron chi connectivity index (χ4n) is 3.35. The minimum atomic E-state index is -0.829. The number of β-amino-alcohol motifs (C(OH)–C–C–N with tert-alkyl or cyclic N) is 1. The number of likely N-dealkylation sites (tertiary alicyclic amines) is 1. The Bertz CT molecular complexity index is 400. The van der Waals surface area contributed by atoms with Gasteiger partial charge >= 0.3 is 12.0 Å². The monoisotopic (exact) mass is 298 g/mol. The first-order valence-electron chi connectivity index (χ1n) is 7.83. The van der Waals surface area contributed by atoms with E-state index in [1.165, 1.54) is 0 Å². The van der Waals surface area contributed by atoms with Gasteiger partial charge in [0, 0.05) is 13.1 Å². The fraction of sp³-hybridized carbons (Fsp3) is 0.867. The van der Waals surface area contributed by atoms with Crippen LogP contribution in [0.4, 0.5) is 4.79 Å². The summed E-state index contributed by atoms with van der Waals surface area (Å²) in [6, 6.07) is -0.266. The highest BCUT2D eigenvalue weighted by molar-refractivity contribution is 5.78. The number of amides is 2. The van der Waals surface area contributed by atoms with Crippen molar-refractivity contribution >= 4 is 12.0 Å². The number of hydrogen-bond acceptors (Lipinski definition) is 3. The van der Waals surface area contributed by atoms with E-state index in [1.807, 2.05) is 0 Å². The lowest BCUT2D eigenvalue weighted by molar-refractivity contribution is -0.149. The van der Waals surface area contributed by atoms with Crippen molar-refractivity contribution < 1.29 is 19.8 Å². The molecule has 120 valence electrons. The molecule has 1 saturated carbocycles. The molecule has 1 aliphatic heterocycles. The second kappa shape index (κ2) is 6.22. The van der Waals surface area contributed by atoms with Gasteiger partial charge in [-0.15, -0.1) is 0 Å². The van der Waals surface area contributed by atoms with Gasteiger partial charge in [0.1, 0.15) is 0 Å². The number of aliphatic hydroxyl groups is 1. The standard InChI is InChI=1S/C15H26N2O4/c1-14(21)8-9-17(11-14)13(20)16-10-15(12(18)19)6-4-2-3-5-7-15/h21H,2-11H2,1H3,(H,16,20)(H,18,19). The highest BCUT2D eigenvalue weighted by Gasteiger charge is 2.40. The van der Waals surface area contributed by atoms with E-state index in [1.54, 1.807) is 11.8 Å². The predicted molar refractivity (Wildman–Crippen MR) is 78.0 cm³/mol. The molecule has 2 fully saturated rings. The van der Waals surface area contributed by atoms with Gasteiger partial charge in [-0.25, -0.2) is 4.79 Å². The number of aliphatic carboxylic acids is 1. The maximum Gasteiger partial charge on any atom is 0.317 e. The molecule has 6 heteroatoms. The lowest BCUT2D eigenvalue weighted by Crippen LogP contribution is -2.47. The van der Waals surface area contributed by atoms with Crippen LogP contribution < -0.4 is 5.32 Å². The van der Waals surface area contributed by atoms with E-state index in [-0.39, 0.29) is 12.6 Å². The number of carbonyl (C=O) groups excluding carboxylic acids is 1. The van der Waals surface area contributed by atoms with Crippen LogP contribution in [0.15, 0.2) is 0 Å². The zero-order valence-electron chi connectivity index (χ0n) is 12.7. The lowest BCUT2D eigenvalue weighted by Gasteiger charge is -2.29. The third kappa shape index (κ3) is 3.87. The number of carboxylic acids is 1. The Morgan fingerprint density at radius 3 is 2.24 bits per heavy atom. The van der Waals surface area contributed by atoms with Gasteiger partial charge in [0.05, 0.1) is 17.6 Å². The molecule has 0 aromatic carbocycles. The fourth-order valence-corrected chi connectivity index (χ4v) is 3.35. The molecule has 0 spiro atoms. The maximum absolute atomic E-state index is 12.1. The third-order valence-corrected chi connectivity index (χ3v) is 4.83. The Morgan fingerprint density at radius 2 is 1.76 bits per heavy atom. The second-order valence-corrected chi connectivity index (χ2v) is 6.83. The van der Waals surface area contributed by atoms with Gasteiger partial charge in [-0.2, -0.15) is 0 Å². The molecule has 1 saturated heterocycles. The van der Waals surface area contributed by atoms with Crippen molar-refractivity contribution in [3.8, 4) is 0 Å². The molecule has 2 rings (SSSR count). The molecule has 0 bridgehead atoms. The highest BCUT2D eigenvalue weighted by Crippen LogP contribution is 2.35. The quantitative estimate of drug-likeness (QED) is 0.690. The van der Waals surface area contributed by atoms with Gasteiger partial charge in [-0.3, -0.25) is 4.79 Å². The first-order valence-corrected chi connectivity index (χ1v) is 7.83. The van der Waals surface area contributed by atoms with Crippen molar-refractivity contribution in [2.24, 2.45) is 5.41 Å². The first kappa shape index (κ1) is 16.1. The molecule has 3 N–H and O–H groups in total. The largest absolute Gasteiger partial charge is 0.481 e. The summed E-state index contributed by atoms with van der Waals surface area (Å²) in [5.74, 6) is -0.807. The Balaban J connectivity index is 1.93. The summed E-state index contributed by atoms with van der Waals surface area (Å²) in [6.07, 6.45) is 5.75. The number of urea groups is 1. The van der Waals surface area contributed by atoms with Crippen LogP contribution in [0.3, 0.4) is 0 Å². The van der Waals surface area contributed by atoms with Gasteiger partial charge < -0.3 is 20.4 Å². The lowest BCUT2D eigenvalue weighted by atomic mass is 9.80. The average molecular weight is 298 g/mol. The zero-order chi connectivity index (χ0) is 15.5. The average Bonchev–Trinajstić information content (AvgIpc) is 2.64. The van der Waals surface area contributed by atoms with Crippen LogP contribution in [-0.2, 0) is 4.79 Å². The van der Waals surface area contributed by atoms with Gasteiger partial charge in [-0.1, -0.05) is 25.7 Å². The number of rotatable bonds is 3. The number of carbonyl (C=O) groups is 2. The highest BCUT2D eigenvalue weighted by atomic mass is 16.4. The summed E-state index contributed by atoms with van der Waals surface area (Å²) >= 11 is 0. The Morgan fingerprint density at radius 1 is 1.14 bits per heavy atom. The summed E-state index contributed by atoms with van der Waals surface area (Å²) < 4.78 is 0. The summed E-state index contributed by atoms with van der Waals surface area (Å²) in [5.41, 5.74) is -1.65. The molecule has 1 aliphatic carbocycles. The number of carboxylic acid groups (broad SMARTS) is 1. The Labute approximate surface area is 125 Å². The SMILES string of the molecule is CC1(O)CCN(C(=O)NCC2(C(=O)O)CCCCCC2)C1. The smallest absolute Gasteiger partial charge is 0.317 e. The molecular formula is C15H26N2O4. The number of nitrogens with zero attached hydrogens (tertiary/aromatic N) is 1. The van der Waals surface area contributed by atoms with E-state index in [0.717, 1.165) is 25.7 Å². The van der Waals surface area contributed by atoms with Crippen molar-refractivity contribution in [1.29, 1.82) is 0 Å². The number of hydrogen-bond donors (Lipinski definition) is 3. The summed E-state index contributed by atoms with van der Waals surface area (Å²) in [4.78, 5) is 25.4. The third-order valence-electron chi connectivity index (χ3n) is 4.83. The summed E-state index contributed by atoms with van der Waals surface area (Å²) in [6.45, 7) is 2.71. The molecule has 0 aromatic rings. The van der Waals surface area contributed by atoms with E-state index >= 15 is 0 Å². The van der Waals surface area contributed by atoms with Crippen LogP contribution in [0.2, 0.25) is 0 Å². The molecule has 2 amide bonds. The normalized spacial score (nSPS) is 29.0. The molecule has 0 aromatic heterocycles. The van der Waals surface area contributed by atoms with Crippen LogP contribution in [0.25, 0.3) is 0 Å². The molecule has 1 heterocycles. The van der Waals surface area contributed by atoms with Crippen LogP contribution in [0.5, 0.6) is 0 Å². The molecule has 6 nitrogen and oxygen atoms in total. The van der Waals surface area contributed by atoms with E-state index < -0.39 is 17.0 Å². The van der Waals surface area contributed by atoms with E-state index in [4.69, 9.17) is 0 Å².